The van der Waals surface area contributed by atoms with E-state index in [1.165, 1.54) is 49.2 Å². The minimum atomic E-state index is 0.582. The van der Waals surface area contributed by atoms with Crippen LogP contribution in [-0.4, -0.2) is 34.2 Å². The lowest BCUT2D eigenvalue weighted by Crippen LogP contribution is -2.35. The Kier molecular flexibility index (Phi) is 3.80. The minimum Gasteiger partial charge on any atom is -0.317 e. The molecule has 0 amide bonds. The minimum absolute atomic E-state index is 0.582. The summed E-state index contributed by atoms with van der Waals surface area (Å²) in [7, 11) is 0. The van der Waals surface area contributed by atoms with Crippen molar-refractivity contribution < 1.29 is 0 Å². The molecule has 0 aromatic carbocycles. The van der Waals surface area contributed by atoms with Crippen LogP contribution in [0.3, 0.4) is 0 Å². The van der Waals surface area contributed by atoms with Crippen LogP contribution >= 0.6 is 11.3 Å². The zero-order valence-corrected chi connectivity index (χ0v) is 14.0. The van der Waals surface area contributed by atoms with Crippen molar-refractivity contribution in [3.05, 3.63) is 39.8 Å². The van der Waals surface area contributed by atoms with E-state index in [1.54, 1.807) is 11.3 Å². The van der Waals surface area contributed by atoms with Crippen LogP contribution in [0.15, 0.2) is 23.0 Å². The van der Waals surface area contributed by atoms with Crippen molar-refractivity contribution in [3.63, 3.8) is 0 Å². The lowest BCUT2D eigenvalue weighted by atomic mass is 9.93. The van der Waals surface area contributed by atoms with Gasteiger partial charge in [-0.25, -0.2) is 0 Å². The standard InChI is InChI=1S/C17H24N4S/c1-13-15(9-19-20-13)11-21(10-14-2-7-22-12-14)16-8-17(16)3-5-18-6-4-17/h2,7,9,12,16,18H,3-6,8,10-11H2,1H3,(H,19,20). The van der Waals surface area contributed by atoms with Gasteiger partial charge in [0.15, 0.2) is 0 Å². The molecule has 1 aliphatic heterocycles. The van der Waals surface area contributed by atoms with Crippen molar-refractivity contribution in [1.29, 1.82) is 0 Å². The number of nitrogens with one attached hydrogen (secondary N) is 2. The number of rotatable bonds is 5. The number of piperidine rings is 1. The normalized spacial score (nSPS) is 23.3. The van der Waals surface area contributed by atoms with E-state index in [9.17, 15) is 0 Å². The molecular weight excluding hydrogens is 292 g/mol. The molecule has 2 aromatic heterocycles. The van der Waals surface area contributed by atoms with Gasteiger partial charge in [-0.2, -0.15) is 16.4 Å². The molecule has 1 unspecified atom stereocenters. The molecular formula is C17H24N4S. The van der Waals surface area contributed by atoms with Crippen molar-refractivity contribution in [1.82, 2.24) is 20.4 Å². The summed E-state index contributed by atoms with van der Waals surface area (Å²) < 4.78 is 0. The fraction of sp³-hybridized carbons (Fsp3) is 0.588. The van der Waals surface area contributed by atoms with Crippen LogP contribution in [0.4, 0.5) is 0 Å². The first-order valence-electron chi connectivity index (χ1n) is 8.22. The molecule has 1 saturated carbocycles. The van der Waals surface area contributed by atoms with E-state index in [2.05, 4.69) is 44.2 Å². The van der Waals surface area contributed by atoms with Crippen LogP contribution in [0.1, 0.15) is 36.1 Å². The molecule has 1 saturated heterocycles. The van der Waals surface area contributed by atoms with Gasteiger partial charge in [0.1, 0.15) is 0 Å². The Morgan fingerprint density at radius 3 is 2.91 bits per heavy atom. The molecule has 22 heavy (non-hydrogen) atoms. The lowest BCUT2D eigenvalue weighted by molar-refractivity contribution is 0.188. The maximum absolute atomic E-state index is 4.20. The van der Waals surface area contributed by atoms with Gasteiger partial charge >= 0.3 is 0 Å². The summed E-state index contributed by atoms with van der Waals surface area (Å²) in [5.41, 5.74) is 4.57. The Morgan fingerprint density at radius 2 is 2.23 bits per heavy atom. The van der Waals surface area contributed by atoms with Crippen LogP contribution in [0, 0.1) is 12.3 Å². The molecule has 5 heteroatoms. The molecule has 2 N–H and O–H groups in total. The first-order chi connectivity index (χ1) is 10.8. The number of thiophene rings is 1. The SMILES string of the molecule is Cc1[nH]ncc1CN(Cc1ccsc1)C1CC12CCNCC2. The molecule has 1 aliphatic carbocycles. The third-order valence-corrected chi connectivity index (χ3v) is 6.19. The molecule has 0 bridgehead atoms. The number of hydrogen-bond acceptors (Lipinski definition) is 4. The molecule has 4 rings (SSSR count). The molecule has 1 spiro atoms. The molecule has 3 heterocycles. The quantitative estimate of drug-likeness (QED) is 0.891. The van der Waals surface area contributed by atoms with Crippen molar-refractivity contribution in [2.45, 2.75) is 45.3 Å². The first kappa shape index (κ1) is 14.4. The molecule has 118 valence electrons. The van der Waals surface area contributed by atoms with E-state index >= 15 is 0 Å². The summed E-state index contributed by atoms with van der Waals surface area (Å²) in [4.78, 5) is 2.69. The second kappa shape index (κ2) is 5.80. The van der Waals surface area contributed by atoms with Crippen molar-refractivity contribution in [2.24, 2.45) is 5.41 Å². The van der Waals surface area contributed by atoms with Gasteiger partial charge in [-0.15, -0.1) is 0 Å². The first-order valence-corrected chi connectivity index (χ1v) is 9.16. The second-order valence-corrected chi connectivity index (χ2v) is 7.67. The molecule has 2 aromatic rings. The summed E-state index contributed by atoms with van der Waals surface area (Å²) in [6, 6.07) is 3.00. The monoisotopic (exact) mass is 316 g/mol. The zero-order valence-electron chi connectivity index (χ0n) is 13.1. The summed E-state index contributed by atoms with van der Waals surface area (Å²) in [6.45, 7) is 6.57. The molecule has 0 radical (unpaired) electrons. The lowest BCUT2D eigenvalue weighted by Gasteiger charge is -2.29. The predicted molar refractivity (Wildman–Crippen MR) is 89.8 cm³/mol. The second-order valence-electron chi connectivity index (χ2n) is 6.89. The van der Waals surface area contributed by atoms with Gasteiger partial charge in [-0.1, -0.05) is 0 Å². The van der Waals surface area contributed by atoms with Gasteiger partial charge < -0.3 is 5.32 Å². The van der Waals surface area contributed by atoms with Crippen molar-refractivity contribution >= 4 is 11.3 Å². The number of aromatic amines is 1. The summed E-state index contributed by atoms with van der Waals surface area (Å²) in [5, 5.41) is 15.3. The van der Waals surface area contributed by atoms with Gasteiger partial charge in [-0.3, -0.25) is 10.00 Å². The summed E-state index contributed by atoms with van der Waals surface area (Å²) in [6.07, 6.45) is 6.04. The summed E-state index contributed by atoms with van der Waals surface area (Å²) >= 11 is 1.80. The average molecular weight is 316 g/mol. The third-order valence-electron chi connectivity index (χ3n) is 5.46. The number of aryl methyl sites for hydroxylation is 1. The Labute approximate surface area is 135 Å². The van der Waals surface area contributed by atoms with Gasteiger partial charge in [-0.05, 0) is 67.1 Å². The van der Waals surface area contributed by atoms with Gasteiger partial charge in [0, 0.05) is 30.4 Å². The van der Waals surface area contributed by atoms with Gasteiger partial charge in [0.25, 0.3) is 0 Å². The largest absolute Gasteiger partial charge is 0.317 e. The molecule has 2 aliphatic rings. The maximum atomic E-state index is 4.20. The predicted octanol–water partition coefficient (Wildman–Crippen LogP) is 2.92. The molecule has 4 nitrogen and oxygen atoms in total. The van der Waals surface area contributed by atoms with E-state index in [-0.39, 0.29) is 0 Å². The highest BCUT2D eigenvalue weighted by Crippen LogP contribution is 2.56. The van der Waals surface area contributed by atoms with Crippen LogP contribution in [-0.2, 0) is 13.1 Å². The highest BCUT2D eigenvalue weighted by molar-refractivity contribution is 7.07. The Bertz CT molecular complexity index is 612. The highest BCUT2D eigenvalue weighted by Gasteiger charge is 2.56. The smallest absolute Gasteiger partial charge is 0.0535 e. The number of H-pyrrole nitrogens is 1. The van der Waals surface area contributed by atoms with Crippen LogP contribution < -0.4 is 5.32 Å². The van der Waals surface area contributed by atoms with Crippen molar-refractivity contribution in [3.8, 4) is 0 Å². The van der Waals surface area contributed by atoms with E-state index in [0.29, 0.717) is 5.41 Å². The van der Waals surface area contributed by atoms with E-state index in [1.807, 2.05) is 6.20 Å². The third kappa shape index (κ3) is 2.73. The maximum Gasteiger partial charge on any atom is 0.0535 e. The number of aromatic nitrogens is 2. The van der Waals surface area contributed by atoms with E-state index in [4.69, 9.17) is 0 Å². The van der Waals surface area contributed by atoms with E-state index < -0.39 is 0 Å². The molecule has 1 atom stereocenters. The number of nitrogens with zero attached hydrogens (tertiary/aromatic N) is 2. The summed E-state index contributed by atoms with van der Waals surface area (Å²) in [5.74, 6) is 0. The Hall–Kier alpha value is -1.17. The van der Waals surface area contributed by atoms with Crippen LogP contribution in [0.25, 0.3) is 0 Å². The Morgan fingerprint density at radius 1 is 1.36 bits per heavy atom. The fourth-order valence-corrected chi connectivity index (χ4v) is 4.61. The van der Waals surface area contributed by atoms with Crippen LogP contribution in [0.5, 0.6) is 0 Å². The fourth-order valence-electron chi connectivity index (χ4n) is 3.95. The van der Waals surface area contributed by atoms with E-state index in [0.717, 1.165) is 19.1 Å². The zero-order chi connectivity index (χ0) is 15.0. The van der Waals surface area contributed by atoms with Crippen LogP contribution in [0.2, 0.25) is 0 Å². The van der Waals surface area contributed by atoms with Gasteiger partial charge in [0.2, 0.25) is 0 Å². The Balaban J connectivity index is 1.52. The average Bonchev–Trinajstić information content (AvgIpc) is 2.90. The van der Waals surface area contributed by atoms with Gasteiger partial charge in [0.05, 0.1) is 6.20 Å². The van der Waals surface area contributed by atoms with Crippen molar-refractivity contribution in [2.75, 3.05) is 13.1 Å². The molecule has 2 fully saturated rings. The number of hydrogen-bond donors (Lipinski definition) is 2. The highest BCUT2D eigenvalue weighted by atomic mass is 32.1. The topological polar surface area (TPSA) is 44.0 Å².